The van der Waals surface area contributed by atoms with Gasteiger partial charge in [-0.15, -0.1) is 0 Å². The molecule has 16 heavy (non-hydrogen) atoms. The molecule has 3 heteroatoms. The van der Waals surface area contributed by atoms with Crippen molar-refractivity contribution in [2.75, 3.05) is 0 Å². The zero-order valence-corrected chi connectivity index (χ0v) is 8.47. The Morgan fingerprint density at radius 1 is 1.31 bits per heavy atom. The van der Waals surface area contributed by atoms with E-state index in [1.54, 1.807) is 12.3 Å². The van der Waals surface area contributed by atoms with Crippen LogP contribution in [0.1, 0.15) is 21.5 Å². The number of hydrogen-bond donors (Lipinski definition) is 1. The van der Waals surface area contributed by atoms with Crippen LogP contribution in [0.25, 0.3) is 17.0 Å². The lowest BCUT2D eigenvalue weighted by Crippen LogP contribution is -1.99. The molecule has 1 heterocycles. The van der Waals surface area contributed by atoms with Crippen molar-refractivity contribution in [3.05, 3.63) is 47.2 Å². The van der Waals surface area contributed by atoms with Crippen LogP contribution >= 0.6 is 0 Å². The number of pyridine rings is 1. The molecule has 1 N–H and O–H groups in total. The van der Waals surface area contributed by atoms with E-state index in [1.807, 2.05) is 18.2 Å². The molecule has 1 aliphatic rings. The molecule has 1 aromatic heterocycles. The van der Waals surface area contributed by atoms with Crippen molar-refractivity contribution in [3.8, 4) is 0 Å². The average molecular weight is 211 g/mol. The lowest BCUT2D eigenvalue weighted by Gasteiger charge is -2.06. The molecule has 0 saturated heterocycles. The quantitative estimate of drug-likeness (QED) is 0.788. The van der Waals surface area contributed by atoms with Crippen molar-refractivity contribution < 1.29 is 9.90 Å². The third-order valence-electron chi connectivity index (χ3n) is 2.90. The predicted octanol–water partition coefficient (Wildman–Crippen LogP) is 2.50. The van der Waals surface area contributed by atoms with E-state index in [9.17, 15) is 4.79 Å². The lowest BCUT2D eigenvalue weighted by atomic mass is 10.0. The van der Waals surface area contributed by atoms with Crippen LogP contribution in [-0.4, -0.2) is 16.1 Å². The summed E-state index contributed by atoms with van der Waals surface area (Å²) in [4.78, 5) is 15.4. The third-order valence-corrected chi connectivity index (χ3v) is 2.90. The maximum atomic E-state index is 11.1. The Morgan fingerprint density at radius 3 is 3.00 bits per heavy atom. The van der Waals surface area contributed by atoms with E-state index in [-0.39, 0.29) is 0 Å². The molecule has 1 aliphatic carbocycles. The number of nitrogens with zero attached hydrogens (tertiary/aromatic N) is 1. The van der Waals surface area contributed by atoms with Crippen LogP contribution in [0.5, 0.6) is 0 Å². The van der Waals surface area contributed by atoms with E-state index < -0.39 is 5.97 Å². The summed E-state index contributed by atoms with van der Waals surface area (Å²) in [6, 6.07) is 5.33. The molecule has 78 valence electrons. The van der Waals surface area contributed by atoms with Crippen molar-refractivity contribution in [1.29, 1.82) is 0 Å². The highest BCUT2D eigenvalue weighted by molar-refractivity contribution is 6.04. The van der Waals surface area contributed by atoms with E-state index in [1.165, 1.54) is 0 Å². The minimum Gasteiger partial charge on any atom is -0.478 e. The molecule has 3 nitrogen and oxygen atoms in total. The standard InChI is InChI=1S/C13H9NO2/c15-13(16)11-6-7-14-12-9-3-1-2-8(9)4-5-10(11)12/h1-2,4-7H,3H2,(H,15,16). The van der Waals surface area contributed by atoms with Crippen molar-refractivity contribution in [2.45, 2.75) is 6.42 Å². The second kappa shape index (κ2) is 3.17. The number of carboxylic acids is 1. The summed E-state index contributed by atoms with van der Waals surface area (Å²) in [5, 5.41) is 9.81. The number of carbonyl (C=O) groups is 1. The van der Waals surface area contributed by atoms with Gasteiger partial charge < -0.3 is 5.11 Å². The molecule has 3 rings (SSSR count). The smallest absolute Gasteiger partial charge is 0.336 e. The molecule has 2 aromatic rings. The van der Waals surface area contributed by atoms with Gasteiger partial charge in [0.05, 0.1) is 11.1 Å². The number of fused-ring (bicyclic) bond motifs is 3. The fourth-order valence-corrected chi connectivity index (χ4v) is 2.15. The summed E-state index contributed by atoms with van der Waals surface area (Å²) < 4.78 is 0. The van der Waals surface area contributed by atoms with Gasteiger partial charge in [0.25, 0.3) is 0 Å². The zero-order chi connectivity index (χ0) is 11.1. The molecule has 0 saturated carbocycles. The van der Waals surface area contributed by atoms with E-state index >= 15 is 0 Å². The van der Waals surface area contributed by atoms with E-state index in [0.29, 0.717) is 5.56 Å². The molecule has 0 bridgehead atoms. The Labute approximate surface area is 92.1 Å². The van der Waals surface area contributed by atoms with Crippen molar-refractivity contribution in [3.63, 3.8) is 0 Å². The summed E-state index contributed by atoms with van der Waals surface area (Å²) in [5.41, 5.74) is 3.39. The van der Waals surface area contributed by atoms with Gasteiger partial charge >= 0.3 is 5.97 Å². The minimum atomic E-state index is -0.904. The molecular weight excluding hydrogens is 202 g/mol. The summed E-state index contributed by atoms with van der Waals surface area (Å²) in [6.45, 7) is 0. The topological polar surface area (TPSA) is 50.2 Å². The average Bonchev–Trinajstić information content (AvgIpc) is 2.76. The first-order chi connectivity index (χ1) is 7.77. The fraction of sp³-hybridized carbons (Fsp3) is 0.0769. The maximum Gasteiger partial charge on any atom is 0.336 e. The second-order valence-corrected chi connectivity index (χ2v) is 3.80. The number of aromatic carboxylic acids is 1. The van der Waals surface area contributed by atoms with Crippen LogP contribution in [0.4, 0.5) is 0 Å². The van der Waals surface area contributed by atoms with E-state index in [0.717, 1.165) is 28.5 Å². The number of aromatic nitrogens is 1. The molecular formula is C13H9NO2. The van der Waals surface area contributed by atoms with Gasteiger partial charge in [0.1, 0.15) is 0 Å². The maximum absolute atomic E-state index is 11.1. The number of benzene rings is 1. The Hall–Kier alpha value is -2.16. The van der Waals surface area contributed by atoms with Gasteiger partial charge in [-0.2, -0.15) is 0 Å². The monoisotopic (exact) mass is 211 g/mol. The van der Waals surface area contributed by atoms with Crippen LogP contribution in [0, 0.1) is 0 Å². The Bertz CT molecular complexity index is 629. The highest BCUT2D eigenvalue weighted by atomic mass is 16.4. The summed E-state index contributed by atoms with van der Waals surface area (Å²) in [5.74, 6) is -0.904. The molecule has 0 atom stereocenters. The van der Waals surface area contributed by atoms with Crippen molar-refractivity contribution in [1.82, 2.24) is 4.98 Å². The van der Waals surface area contributed by atoms with E-state index in [4.69, 9.17) is 5.11 Å². The van der Waals surface area contributed by atoms with Gasteiger partial charge in [-0.1, -0.05) is 24.3 Å². The Balaban J connectivity index is 2.40. The molecule has 0 fully saturated rings. The van der Waals surface area contributed by atoms with Gasteiger partial charge in [0.15, 0.2) is 0 Å². The number of rotatable bonds is 1. The molecule has 0 aliphatic heterocycles. The first kappa shape index (κ1) is 9.09. The van der Waals surface area contributed by atoms with Crippen LogP contribution in [0.15, 0.2) is 30.5 Å². The SMILES string of the molecule is O=C(O)c1ccnc2c3c(ccc12)C=CC3. The van der Waals surface area contributed by atoms with Crippen molar-refractivity contribution in [2.24, 2.45) is 0 Å². The number of hydrogen-bond acceptors (Lipinski definition) is 2. The highest BCUT2D eigenvalue weighted by Gasteiger charge is 2.14. The van der Waals surface area contributed by atoms with Gasteiger partial charge in [-0.25, -0.2) is 4.79 Å². The largest absolute Gasteiger partial charge is 0.478 e. The minimum absolute atomic E-state index is 0.319. The fourth-order valence-electron chi connectivity index (χ4n) is 2.15. The van der Waals surface area contributed by atoms with Crippen LogP contribution in [0.3, 0.4) is 0 Å². The number of carboxylic acid groups (broad SMARTS) is 1. The van der Waals surface area contributed by atoms with Gasteiger partial charge in [-0.05, 0) is 23.6 Å². The van der Waals surface area contributed by atoms with Crippen LogP contribution in [-0.2, 0) is 6.42 Å². The summed E-state index contributed by atoms with van der Waals surface area (Å²) in [7, 11) is 0. The molecule has 1 aromatic carbocycles. The first-order valence-corrected chi connectivity index (χ1v) is 5.08. The van der Waals surface area contributed by atoms with Crippen molar-refractivity contribution >= 4 is 22.9 Å². The van der Waals surface area contributed by atoms with Crippen LogP contribution in [0.2, 0.25) is 0 Å². The van der Waals surface area contributed by atoms with Crippen LogP contribution < -0.4 is 0 Å². The summed E-state index contributed by atoms with van der Waals surface area (Å²) >= 11 is 0. The van der Waals surface area contributed by atoms with E-state index in [2.05, 4.69) is 11.1 Å². The predicted molar refractivity (Wildman–Crippen MR) is 61.4 cm³/mol. The Kier molecular flexibility index (Phi) is 1.80. The van der Waals surface area contributed by atoms with Gasteiger partial charge in [0.2, 0.25) is 0 Å². The molecule has 0 spiro atoms. The van der Waals surface area contributed by atoms with Gasteiger partial charge in [-0.3, -0.25) is 4.98 Å². The second-order valence-electron chi connectivity index (χ2n) is 3.80. The lowest BCUT2D eigenvalue weighted by molar-refractivity contribution is 0.0699. The molecule has 0 unspecified atom stereocenters. The zero-order valence-electron chi connectivity index (χ0n) is 8.47. The normalized spacial score (nSPS) is 13.0. The molecule has 0 amide bonds. The Morgan fingerprint density at radius 2 is 2.19 bits per heavy atom. The summed E-state index contributed by atoms with van der Waals surface area (Å²) in [6.07, 6.45) is 6.51. The van der Waals surface area contributed by atoms with Gasteiger partial charge in [0, 0.05) is 11.6 Å². The first-order valence-electron chi connectivity index (χ1n) is 5.08. The third kappa shape index (κ3) is 1.15. The molecule has 0 radical (unpaired) electrons. The highest BCUT2D eigenvalue weighted by Crippen LogP contribution is 2.28. The number of allylic oxidation sites excluding steroid dienone is 1.